The van der Waals surface area contributed by atoms with E-state index in [9.17, 15) is 9.59 Å². The number of ether oxygens (including phenoxy) is 1. The van der Waals surface area contributed by atoms with Gasteiger partial charge in [0.25, 0.3) is 5.91 Å². The number of carbonyl (C=O) groups is 2. The average molecular weight is 521 g/mol. The Bertz CT molecular complexity index is 1330. The molecule has 202 valence electrons. The number of nitrogens with zero attached hydrogens (tertiary/aromatic N) is 8. The van der Waals surface area contributed by atoms with Crippen molar-refractivity contribution in [1.82, 2.24) is 29.6 Å². The Hall–Kier alpha value is -4.02. The molecular weight excluding hydrogens is 484 g/mol. The van der Waals surface area contributed by atoms with Crippen LogP contribution in [0.2, 0.25) is 0 Å². The van der Waals surface area contributed by atoms with Crippen molar-refractivity contribution in [2.24, 2.45) is 0 Å². The maximum atomic E-state index is 13.7. The van der Waals surface area contributed by atoms with Gasteiger partial charge in [-0.15, -0.1) is 10.2 Å². The molecule has 4 rings (SSSR count). The third-order valence-electron chi connectivity index (χ3n) is 6.36. The molecule has 0 atom stereocenters. The number of aromatic nitrogens is 5. The van der Waals surface area contributed by atoms with Gasteiger partial charge in [0.2, 0.25) is 0 Å². The van der Waals surface area contributed by atoms with E-state index in [4.69, 9.17) is 14.7 Å². The zero-order valence-electron chi connectivity index (χ0n) is 23.2. The fourth-order valence-electron chi connectivity index (χ4n) is 4.39. The molecule has 4 heterocycles. The second-order valence-corrected chi connectivity index (χ2v) is 10.2. The van der Waals surface area contributed by atoms with E-state index >= 15 is 0 Å². The number of aryl methyl sites for hydroxylation is 1. The molecule has 0 saturated heterocycles. The maximum Gasteiger partial charge on any atom is 0.410 e. The first-order valence-electron chi connectivity index (χ1n) is 12.9. The lowest BCUT2D eigenvalue weighted by Gasteiger charge is -2.26. The summed E-state index contributed by atoms with van der Waals surface area (Å²) in [6.07, 6.45) is 1.21. The SMILES string of the molecule is CCN(CC)c1cc2c(c(CN(C)C(=O)OC(C)(C)C)n1)CN(c1cccc(-c3nncn3CC)n1)C2=O. The molecule has 0 radical (unpaired) electrons. The molecule has 38 heavy (non-hydrogen) atoms. The number of hydrogen-bond donors (Lipinski definition) is 0. The van der Waals surface area contributed by atoms with Crippen molar-refractivity contribution in [2.45, 2.75) is 66.8 Å². The van der Waals surface area contributed by atoms with Crippen molar-refractivity contribution in [3.63, 3.8) is 0 Å². The number of amides is 2. The molecule has 11 nitrogen and oxygen atoms in total. The van der Waals surface area contributed by atoms with Gasteiger partial charge in [-0.25, -0.2) is 14.8 Å². The molecule has 2 amide bonds. The van der Waals surface area contributed by atoms with Crippen LogP contribution in [0.25, 0.3) is 11.5 Å². The van der Waals surface area contributed by atoms with Gasteiger partial charge < -0.3 is 19.1 Å². The second kappa shape index (κ2) is 10.8. The van der Waals surface area contributed by atoms with Gasteiger partial charge in [0.05, 0.1) is 24.3 Å². The molecule has 3 aromatic heterocycles. The molecule has 0 aliphatic carbocycles. The number of carbonyl (C=O) groups excluding carboxylic acids is 2. The average Bonchev–Trinajstić information content (AvgIpc) is 3.49. The standard InChI is InChI=1S/C27H36N8O3/c1-8-33(9-2)23-14-18-19(21(30-23)16-32(7)26(37)38-27(4,5)6)15-35(25(18)36)22-13-11-12-20(29-22)24-31-28-17-34(24)10-3/h11-14,17H,8-10,15-16H2,1-7H3. The zero-order valence-corrected chi connectivity index (χ0v) is 23.2. The highest BCUT2D eigenvalue weighted by Gasteiger charge is 2.34. The van der Waals surface area contributed by atoms with Gasteiger partial charge in [-0.05, 0) is 59.7 Å². The molecule has 1 aliphatic rings. The fraction of sp³-hybridized carbons (Fsp3) is 0.481. The first-order valence-corrected chi connectivity index (χ1v) is 12.9. The summed E-state index contributed by atoms with van der Waals surface area (Å²) in [4.78, 5) is 41.3. The van der Waals surface area contributed by atoms with Crippen LogP contribution in [0.4, 0.5) is 16.4 Å². The van der Waals surface area contributed by atoms with E-state index in [-0.39, 0.29) is 12.5 Å². The molecule has 0 N–H and O–H groups in total. The zero-order chi connectivity index (χ0) is 27.6. The van der Waals surface area contributed by atoms with Crippen LogP contribution in [0.3, 0.4) is 0 Å². The Morgan fingerprint density at radius 2 is 1.87 bits per heavy atom. The van der Waals surface area contributed by atoms with Gasteiger partial charge in [-0.1, -0.05) is 6.07 Å². The van der Waals surface area contributed by atoms with Crippen molar-refractivity contribution in [1.29, 1.82) is 0 Å². The molecule has 0 fully saturated rings. The van der Waals surface area contributed by atoms with Gasteiger partial charge in [-0.3, -0.25) is 9.69 Å². The minimum Gasteiger partial charge on any atom is -0.444 e. The van der Waals surface area contributed by atoms with Crippen molar-refractivity contribution in [3.05, 3.63) is 47.4 Å². The summed E-state index contributed by atoms with van der Waals surface area (Å²) in [7, 11) is 1.68. The maximum absolute atomic E-state index is 13.7. The number of pyridine rings is 2. The summed E-state index contributed by atoms with van der Waals surface area (Å²) in [5.74, 6) is 1.71. The quantitative estimate of drug-likeness (QED) is 0.436. The normalized spacial score (nSPS) is 13.0. The van der Waals surface area contributed by atoms with Gasteiger partial charge >= 0.3 is 6.09 Å². The Kier molecular flexibility index (Phi) is 7.66. The van der Waals surface area contributed by atoms with Gasteiger partial charge in [-0.2, -0.15) is 0 Å². The lowest BCUT2D eigenvalue weighted by molar-refractivity contribution is 0.0282. The highest BCUT2D eigenvalue weighted by Crippen LogP contribution is 2.33. The largest absolute Gasteiger partial charge is 0.444 e. The third-order valence-corrected chi connectivity index (χ3v) is 6.36. The Labute approximate surface area is 223 Å². The first kappa shape index (κ1) is 27.0. The molecule has 1 aliphatic heterocycles. The van der Waals surface area contributed by atoms with Crippen molar-refractivity contribution in [3.8, 4) is 11.5 Å². The van der Waals surface area contributed by atoms with E-state index in [0.29, 0.717) is 47.5 Å². The van der Waals surface area contributed by atoms with E-state index in [1.807, 2.05) is 70.4 Å². The van der Waals surface area contributed by atoms with Crippen LogP contribution in [0.15, 0.2) is 30.6 Å². The minimum atomic E-state index is -0.616. The van der Waals surface area contributed by atoms with Crippen molar-refractivity contribution >= 4 is 23.6 Å². The van der Waals surface area contributed by atoms with Crippen molar-refractivity contribution < 1.29 is 14.3 Å². The van der Waals surface area contributed by atoms with Crippen LogP contribution in [0.5, 0.6) is 0 Å². The van der Waals surface area contributed by atoms with Crippen molar-refractivity contribution in [2.75, 3.05) is 29.9 Å². The van der Waals surface area contributed by atoms with Crippen LogP contribution >= 0.6 is 0 Å². The second-order valence-electron chi connectivity index (χ2n) is 10.2. The molecular formula is C27H36N8O3. The highest BCUT2D eigenvalue weighted by atomic mass is 16.6. The van der Waals surface area contributed by atoms with Gasteiger partial charge in [0, 0.05) is 32.2 Å². The summed E-state index contributed by atoms with van der Waals surface area (Å²) in [5, 5.41) is 8.20. The lowest BCUT2D eigenvalue weighted by atomic mass is 10.1. The molecule has 0 bridgehead atoms. The number of anilines is 2. The molecule has 0 unspecified atom stereocenters. The first-order chi connectivity index (χ1) is 18.1. The molecule has 0 spiro atoms. The summed E-state index contributed by atoms with van der Waals surface area (Å²) in [6, 6.07) is 7.37. The Balaban J connectivity index is 1.71. The summed E-state index contributed by atoms with van der Waals surface area (Å²) in [6.45, 7) is 14.3. The Morgan fingerprint density at radius 3 is 2.53 bits per heavy atom. The fourth-order valence-corrected chi connectivity index (χ4v) is 4.39. The van der Waals surface area contributed by atoms with Gasteiger partial charge in [0.1, 0.15) is 29.3 Å². The summed E-state index contributed by atoms with van der Waals surface area (Å²) < 4.78 is 7.44. The monoisotopic (exact) mass is 520 g/mol. The van der Waals surface area contributed by atoms with E-state index in [0.717, 1.165) is 18.7 Å². The molecule has 3 aromatic rings. The number of fused-ring (bicyclic) bond motifs is 1. The summed E-state index contributed by atoms with van der Waals surface area (Å²) >= 11 is 0. The lowest BCUT2D eigenvalue weighted by Crippen LogP contribution is -2.34. The van der Waals surface area contributed by atoms with Crippen LogP contribution in [-0.2, 0) is 24.4 Å². The Morgan fingerprint density at radius 1 is 1.13 bits per heavy atom. The number of rotatable bonds is 8. The predicted molar refractivity (Wildman–Crippen MR) is 145 cm³/mol. The molecule has 0 saturated carbocycles. The highest BCUT2D eigenvalue weighted by molar-refractivity contribution is 6.10. The van der Waals surface area contributed by atoms with Gasteiger partial charge in [0.15, 0.2) is 5.82 Å². The molecule has 0 aromatic carbocycles. The number of hydrogen-bond acceptors (Lipinski definition) is 8. The van der Waals surface area contributed by atoms with Crippen LogP contribution in [-0.4, -0.2) is 67.4 Å². The van der Waals surface area contributed by atoms with E-state index in [1.54, 1.807) is 18.3 Å². The minimum absolute atomic E-state index is 0.154. The van der Waals surface area contributed by atoms with E-state index < -0.39 is 11.7 Å². The molecule has 11 heteroatoms. The van der Waals surface area contributed by atoms with E-state index in [1.165, 1.54) is 4.90 Å². The van der Waals surface area contributed by atoms with Crippen LogP contribution in [0, 0.1) is 0 Å². The smallest absolute Gasteiger partial charge is 0.410 e. The van der Waals surface area contributed by atoms with Crippen LogP contribution < -0.4 is 9.80 Å². The topological polar surface area (TPSA) is 110 Å². The summed E-state index contributed by atoms with van der Waals surface area (Å²) in [5.41, 5.74) is 2.03. The van der Waals surface area contributed by atoms with E-state index in [2.05, 4.69) is 15.1 Å². The van der Waals surface area contributed by atoms with Crippen LogP contribution in [0.1, 0.15) is 63.2 Å². The third kappa shape index (κ3) is 5.46. The predicted octanol–water partition coefficient (Wildman–Crippen LogP) is 4.13.